The Balaban J connectivity index is 1.87. The molecule has 1 saturated heterocycles. The van der Waals surface area contributed by atoms with Gasteiger partial charge in [-0.25, -0.2) is 9.18 Å². The number of rotatable bonds is 1. The summed E-state index contributed by atoms with van der Waals surface area (Å²) in [4.78, 5) is 26.5. The Morgan fingerprint density at radius 1 is 1.41 bits per heavy atom. The first-order valence-corrected chi connectivity index (χ1v) is 7.27. The molecule has 0 aromatic heterocycles. The number of ether oxygens (including phenoxy) is 2. The van der Waals surface area contributed by atoms with Gasteiger partial charge in [-0.1, -0.05) is 6.92 Å². The quantitative estimate of drug-likeness (QED) is 0.794. The lowest BCUT2D eigenvalue weighted by molar-refractivity contribution is -0.121. The van der Waals surface area contributed by atoms with Gasteiger partial charge in [0.05, 0.1) is 11.7 Å². The molecule has 1 aromatic carbocycles. The molecule has 116 valence electrons. The van der Waals surface area contributed by atoms with Crippen molar-refractivity contribution in [2.75, 3.05) is 23.5 Å². The fourth-order valence-corrected chi connectivity index (χ4v) is 3.51. The van der Waals surface area contributed by atoms with Gasteiger partial charge in [0.15, 0.2) is 18.2 Å². The molecule has 3 heterocycles. The number of anilines is 2. The third kappa shape index (κ3) is 1.53. The lowest BCUT2D eigenvalue weighted by Gasteiger charge is -2.28. The maximum atomic E-state index is 14.5. The second kappa shape index (κ2) is 4.34. The fourth-order valence-electron chi connectivity index (χ4n) is 3.51. The summed E-state index contributed by atoms with van der Waals surface area (Å²) in [6.45, 7) is 1.83. The van der Waals surface area contributed by atoms with Gasteiger partial charge in [-0.2, -0.15) is 0 Å². The molecule has 3 aliphatic rings. The van der Waals surface area contributed by atoms with E-state index < -0.39 is 11.9 Å². The van der Waals surface area contributed by atoms with Crippen LogP contribution in [0.2, 0.25) is 0 Å². The van der Waals surface area contributed by atoms with Gasteiger partial charge in [0.1, 0.15) is 11.8 Å². The molecule has 2 amide bonds. The summed E-state index contributed by atoms with van der Waals surface area (Å²) in [6.07, 6.45) is 0.589. The molecule has 0 radical (unpaired) electrons. The summed E-state index contributed by atoms with van der Waals surface area (Å²) in [5, 5.41) is 0. The Morgan fingerprint density at radius 3 is 2.91 bits per heavy atom. The number of carbonyl (C=O) groups is 2. The molecule has 2 atom stereocenters. The monoisotopic (exact) mass is 306 g/mol. The van der Waals surface area contributed by atoms with Crippen LogP contribution in [0.25, 0.3) is 0 Å². The molecule has 0 saturated carbocycles. The van der Waals surface area contributed by atoms with Gasteiger partial charge in [0, 0.05) is 25.1 Å². The van der Waals surface area contributed by atoms with E-state index in [1.807, 2.05) is 6.92 Å². The van der Waals surface area contributed by atoms with E-state index in [4.69, 9.17) is 9.47 Å². The van der Waals surface area contributed by atoms with E-state index in [0.717, 1.165) is 5.56 Å². The van der Waals surface area contributed by atoms with Crippen molar-refractivity contribution in [3.8, 4) is 5.75 Å². The van der Waals surface area contributed by atoms with Crippen molar-refractivity contribution in [3.63, 3.8) is 0 Å². The summed E-state index contributed by atoms with van der Waals surface area (Å²) in [7, 11) is 1.53. The molecule has 22 heavy (non-hydrogen) atoms. The standard InChI is InChI=1S/C15H15FN2O4/c1-3-11-10-4-7-9(18(10)15(20)22-11)5-8(16)13-14(7)21-6-12(19)17(13)2/h5,10-11H,3-4,6H2,1-2H3/t10-,11-/m0/s1. The fraction of sp³-hybridized carbons (Fsp3) is 0.467. The molecule has 6 nitrogen and oxygen atoms in total. The topological polar surface area (TPSA) is 59.1 Å². The third-order valence-electron chi connectivity index (χ3n) is 4.62. The number of nitrogens with zero attached hydrogens (tertiary/aromatic N) is 2. The van der Waals surface area contributed by atoms with Gasteiger partial charge >= 0.3 is 6.09 Å². The van der Waals surface area contributed by atoms with Crippen molar-refractivity contribution in [2.24, 2.45) is 0 Å². The Morgan fingerprint density at radius 2 is 2.18 bits per heavy atom. The molecular formula is C15H15FN2O4. The lowest BCUT2D eigenvalue weighted by atomic mass is 10.0. The highest BCUT2D eigenvalue weighted by molar-refractivity contribution is 6.01. The van der Waals surface area contributed by atoms with Crippen LogP contribution in [0, 0.1) is 5.82 Å². The lowest BCUT2D eigenvalue weighted by Crippen LogP contribution is -2.36. The summed E-state index contributed by atoms with van der Waals surface area (Å²) < 4.78 is 25.3. The number of hydrogen-bond donors (Lipinski definition) is 0. The molecule has 0 spiro atoms. The Kier molecular flexibility index (Phi) is 2.64. The Hall–Kier alpha value is -2.31. The van der Waals surface area contributed by atoms with E-state index in [1.165, 1.54) is 22.9 Å². The number of likely N-dealkylation sites (N-methyl/N-ethyl adjacent to an activating group) is 1. The minimum atomic E-state index is -0.572. The first-order valence-electron chi connectivity index (χ1n) is 7.27. The molecule has 3 aliphatic heterocycles. The zero-order valence-electron chi connectivity index (χ0n) is 12.3. The normalized spacial score (nSPS) is 25.6. The van der Waals surface area contributed by atoms with Gasteiger partial charge in [-0.15, -0.1) is 0 Å². The molecule has 4 rings (SSSR count). The molecular weight excluding hydrogens is 291 g/mol. The highest BCUT2D eigenvalue weighted by Crippen LogP contribution is 2.49. The number of amides is 2. The zero-order valence-corrected chi connectivity index (χ0v) is 12.3. The van der Waals surface area contributed by atoms with E-state index in [1.54, 1.807) is 0 Å². The van der Waals surface area contributed by atoms with Crippen molar-refractivity contribution in [1.29, 1.82) is 0 Å². The number of hydrogen-bond acceptors (Lipinski definition) is 4. The van der Waals surface area contributed by atoms with Gasteiger partial charge in [0.25, 0.3) is 5.91 Å². The van der Waals surface area contributed by atoms with Crippen molar-refractivity contribution < 1.29 is 23.5 Å². The molecule has 7 heteroatoms. The van der Waals surface area contributed by atoms with Crippen molar-refractivity contribution >= 4 is 23.4 Å². The minimum absolute atomic E-state index is 0.119. The molecule has 0 aliphatic carbocycles. The average molecular weight is 306 g/mol. The van der Waals surface area contributed by atoms with Crippen LogP contribution < -0.4 is 14.5 Å². The van der Waals surface area contributed by atoms with E-state index in [2.05, 4.69) is 0 Å². The summed E-state index contributed by atoms with van der Waals surface area (Å²) in [5.41, 5.74) is 1.42. The molecule has 1 aromatic rings. The smallest absolute Gasteiger partial charge is 0.415 e. The van der Waals surface area contributed by atoms with Crippen LogP contribution >= 0.6 is 0 Å². The Labute approximate surface area is 126 Å². The first-order chi connectivity index (χ1) is 10.5. The van der Waals surface area contributed by atoms with Crippen LogP contribution in [0.1, 0.15) is 18.9 Å². The van der Waals surface area contributed by atoms with Gasteiger partial charge in [-0.3, -0.25) is 9.69 Å². The molecule has 0 unspecified atom stereocenters. The molecule has 0 bridgehead atoms. The van der Waals surface area contributed by atoms with Crippen molar-refractivity contribution in [3.05, 3.63) is 17.4 Å². The van der Waals surface area contributed by atoms with E-state index >= 15 is 0 Å². The number of carbonyl (C=O) groups excluding carboxylic acids is 2. The van der Waals surface area contributed by atoms with E-state index in [0.29, 0.717) is 24.3 Å². The van der Waals surface area contributed by atoms with Crippen LogP contribution in [-0.2, 0) is 16.0 Å². The molecule has 1 fully saturated rings. The van der Waals surface area contributed by atoms with Gasteiger partial charge in [-0.05, 0) is 6.42 Å². The van der Waals surface area contributed by atoms with Crippen LogP contribution in [0.4, 0.5) is 20.6 Å². The zero-order chi connectivity index (χ0) is 15.6. The average Bonchev–Trinajstić information content (AvgIpc) is 3.01. The second-order valence-electron chi connectivity index (χ2n) is 5.75. The van der Waals surface area contributed by atoms with Gasteiger partial charge < -0.3 is 14.4 Å². The van der Waals surface area contributed by atoms with Crippen LogP contribution in [0.15, 0.2) is 6.07 Å². The number of cyclic esters (lactones) is 1. The predicted octanol–water partition coefficient (Wildman–Crippen LogP) is 1.84. The Bertz CT molecular complexity index is 705. The number of fused-ring (bicyclic) bond motifs is 5. The van der Waals surface area contributed by atoms with Crippen LogP contribution in [0.5, 0.6) is 5.75 Å². The van der Waals surface area contributed by atoms with Crippen LogP contribution in [0.3, 0.4) is 0 Å². The largest absolute Gasteiger partial charge is 0.481 e. The van der Waals surface area contributed by atoms with E-state index in [-0.39, 0.29) is 30.3 Å². The van der Waals surface area contributed by atoms with Crippen LogP contribution in [-0.4, -0.2) is 37.8 Å². The first kappa shape index (κ1) is 13.4. The number of benzene rings is 1. The van der Waals surface area contributed by atoms with E-state index in [9.17, 15) is 14.0 Å². The maximum Gasteiger partial charge on any atom is 0.415 e. The summed E-state index contributed by atoms with van der Waals surface area (Å²) in [5.74, 6) is -0.498. The summed E-state index contributed by atoms with van der Waals surface area (Å²) in [6, 6.07) is 1.16. The number of halogens is 1. The molecule has 0 N–H and O–H groups in total. The minimum Gasteiger partial charge on any atom is -0.481 e. The highest BCUT2D eigenvalue weighted by Gasteiger charge is 2.49. The maximum absolute atomic E-state index is 14.5. The SMILES string of the molecule is CC[C@@H]1OC(=O)N2c3cc(F)c4c(c3C[C@@H]12)OCC(=O)N4C. The van der Waals surface area contributed by atoms with Gasteiger partial charge in [0.2, 0.25) is 0 Å². The highest BCUT2D eigenvalue weighted by atomic mass is 19.1. The summed E-state index contributed by atoms with van der Waals surface area (Å²) >= 11 is 0. The second-order valence-corrected chi connectivity index (χ2v) is 5.75. The van der Waals surface area contributed by atoms with Crippen molar-refractivity contribution in [2.45, 2.75) is 31.9 Å². The third-order valence-corrected chi connectivity index (χ3v) is 4.62. The predicted molar refractivity (Wildman–Crippen MR) is 75.8 cm³/mol. The van der Waals surface area contributed by atoms with Crippen molar-refractivity contribution in [1.82, 2.24) is 0 Å².